The Morgan fingerprint density at radius 3 is 1.90 bits per heavy atom. The predicted octanol–water partition coefficient (Wildman–Crippen LogP) is 6.27. The number of nitrogens with zero attached hydrogens (tertiary/aromatic N) is 1. The van der Waals surface area contributed by atoms with Gasteiger partial charge in [0.1, 0.15) is 23.7 Å². The number of hydrogen-bond acceptors (Lipinski definition) is 5. The number of sulfone groups is 1. The molecule has 0 radical (unpaired) electrons. The van der Waals surface area contributed by atoms with Crippen molar-refractivity contribution in [1.82, 2.24) is 10.6 Å². The first kappa shape index (κ1) is 33.2. The van der Waals surface area contributed by atoms with Crippen LogP contribution in [0.4, 0.5) is 22.0 Å². The van der Waals surface area contributed by atoms with E-state index in [1.165, 1.54) is 50.2 Å². The molecule has 0 aliphatic heterocycles. The van der Waals surface area contributed by atoms with Crippen molar-refractivity contribution in [3.05, 3.63) is 87.9 Å². The number of carbonyl (C=O) groups is 1. The van der Waals surface area contributed by atoms with Crippen molar-refractivity contribution in [2.45, 2.75) is 49.5 Å². The predicted molar refractivity (Wildman–Crippen MR) is 151 cm³/mol. The Morgan fingerprint density at radius 2 is 1.48 bits per heavy atom. The maximum Gasteiger partial charge on any atom is 0.407 e. The number of rotatable bonds is 10. The van der Waals surface area contributed by atoms with Crippen LogP contribution in [-0.2, 0) is 21.1 Å². The summed E-state index contributed by atoms with van der Waals surface area (Å²) in [6.45, 7) is 3.03. The summed E-state index contributed by atoms with van der Waals surface area (Å²) < 4.78 is 94.7. The van der Waals surface area contributed by atoms with Gasteiger partial charge < -0.3 is 5.32 Å². The number of benzene rings is 3. The Labute approximate surface area is 249 Å². The largest absolute Gasteiger partial charge is 0.407 e. The summed E-state index contributed by atoms with van der Waals surface area (Å²) >= 11 is 2.95. The Balaban J connectivity index is 1.82. The molecule has 0 heterocycles. The fraction of sp³-hybridized carbons (Fsp3) is 0.310. The number of hydrogen-bond donors (Lipinski definition) is 2. The second-order valence-corrected chi connectivity index (χ2v) is 13.0. The second kappa shape index (κ2) is 13.3. The van der Waals surface area contributed by atoms with Crippen molar-refractivity contribution >= 4 is 31.7 Å². The molecule has 0 aliphatic carbocycles. The quantitative estimate of drug-likeness (QED) is 0.248. The van der Waals surface area contributed by atoms with E-state index in [-0.39, 0.29) is 14.9 Å². The summed E-state index contributed by atoms with van der Waals surface area (Å²) in [4.78, 5) is 13.2. The summed E-state index contributed by atoms with van der Waals surface area (Å²) in [6, 6.07) is 9.91. The van der Waals surface area contributed by atoms with Crippen LogP contribution in [0, 0.1) is 28.9 Å². The summed E-state index contributed by atoms with van der Waals surface area (Å²) in [5.74, 6) is -3.49. The molecule has 0 saturated heterocycles. The molecular weight excluding hydrogens is 645 g/mol. The van der Waals surface area contributed by atoms with E-state index in [4.69, 9.17) is 0 Å². The van der Waals surface area contributed by atoms with Gasteiger partial charge in [-0.2, -0.15) is 18.4 Å². The van der Waals surface area contributed by atoms with Gasteiger partial charge in [0.05, 0.1) is 17.0 Å². The summed E-state index contributed by atoms with van der Waals surface area (Å²) in [7, 11) is -3.41. The molecule has 13 heteroatoms. The minimum absolute atomic E-state index is 0.105. The molecule has 2 N–H and O–H groups in total. The van der Waals surface area contributed by atoms with E-state index in [0.29, 0.717) is 11.1 Å². The van der Waals surface area contributed by atoms with Crippen molar-refractivity contribution in [2.24, 2.45) is 5.92 Å². The fourth-order valence-corrected chi connectivity index (χ4v) is 5.29. The van der Waals surface area contributed by atoms with Crippen LogP contribution in [0.3, 0.4) is 0 Å². The van der Waals surface area contributed by atoms with Gasteiger partial charge >= 0.3 is 6.18 Å². The highest BCUT2D eigenvalue weighted by molar-refractivity contribution is 9.10. The Morgan fingerprint density at radius 1 is 0.976 bits per heavy atom. The van der Waals surface area contributed by atoms with Crippen LogP contribution in [0.15, 0.2) is 70.0 Å². The molecule has 0 saturated carbocycles. The Hall–Kier alpha value is -3.34. The highest BCUT2D eigenvalue weighted by Crippen LogP contribution is 2.35. The van der Waals surface area contributed by atoms with Gasteiger partial charge in [0, 0.05) is 22.7 Å². The van der Waals surface area contributed by atoms with Gasteiger partial charge in [0.15, 0.2) is 9.84 Å². The lowest BCUT2D eigenvalue weighted by molar-refractivity contribution is -0.161. The zero-order chi connectivity index (χ0) is 31.4. The van der Waals surface area contributed by atoms with Crippen LogP contribution in [0.2, 0.25) is 0 Å². The average Bonchev–Trinajstić information content (AvgIpc) is 2.89. The van der Waals surface area contributed by atoms with Gasteiger partial charge in [-0.25, -0.2) is 17.2 Å². The second-order valence-electron chi connectivity index (χ2n) is 10.0. The number of halogens is 6. The molecule has 0 aliphatic rings. The van der Waals surface area contributed by atoms with Crippen LogP contribution in [0.1, 0.15) is 31.0 Å². The van der Waals surface area contributed by atoms with E-state index < -0.39 is 69.6 Å². The molecule has 3 atom stereocenters. The fourth-order valence-electron chi connectivity index (χ4n) is 4.25. The van der Waals surface area contributed by atoms with E-state index >= 15 is 0 Å². The normalized spacial score (nSPS) is 14.2. The van der Waals surface area contributed by atoms with E-state index in [0.717, 1.165) is 18.4 Å². The molecule has 0 unspecified atom stereocenters. The van der Waals surface area contributed by atoms with Crippen LogP contribution >= 0.6 is 15.9 Å². The molecule has 224 valence electrons. The van der Waals surface area contributed by atoms with Crippen molar-refractivity contribution in [2.75, 3.05) is 6.26 Å². The zero-order valence-corrected chi connectivity index (χ0v) is 25.0. The highest BCUT2D eigenvalue weighted by atomic mass is 79.9. The first-order valence-corrected chi connectivity index (χ1v) is 15.3. The van der Waals surface area contributed by atoms with Crippen LogP contribution in [-0.4, -0.2) is 38.8 Å². The minimum atomic E-state index is -4.82. The number of nitrogens with one attached hydrogen (secondary N) is 2. The van der Waals surface area contributed by atoms with E-state index in [1.807, 2.05) is 0 Å². The first-order valence-electron chi connectivity index (χ1n) is 12.6. The number of amides is 1. The maximum atomic E-state index is 14.3. The SMILES string of the molecule is CC(C)[C@H](N[C@@H](c1ccc(-c2ccc(S(C)(=O)=O)cc2)cc1)C(F)(F)F)C(=O)N[C@H](C#N)Cc1c(F)cc(Br)cc1F. The molecule has 3 rings (SSSR count). The summed E-state index contributed by atoms with van der Waals surface area (Å²) in [5.41, 5.74) is 0.500. The van der Waals surface area contributed by atoms with Gasteiger partial charge in [0.25, 0.3) is 0 Å². The Bertz CT molecular complexity index is 1550. The Kier molecular flexibility index (Phi) is 10.5. The molecule has 3 aromatic rings. The average molecular weight is 673 g/mol. The lowest BCUT2D eigenvalue weighted by atomic mass is 9.97. The number of alkyl halides is 3. The van der Waals surface area contributed by atoms with Gasteiger partial charge in [0.2, 0.25) is 5.91 Å². The molecule has 42 heavy (non-hydrogen) atoms. The molecule has 1 amide bonds. The molecule has 0 aromatic heterocycles. The standard InChI is InChI=1S/C29H27BrF5N3O3S/c1-16(2)26(28(39)37-21(15-36)14-23-24(31)12-20(30)13-25(23)32)38-27(29(33,34)35)19-6-4-17(5-7-19)18-8-10-22(11-9-18)42(3,40)41/h4-13,16,21,26-27,38H,14H2,1-3H3,(H,37,39)/t21-,26-,27-/m0/s1. The maximum absolute atomic E-state index is 14.3. The minimum Gasteiger partial charge on any atom is -0.339 e. The molecule has 0 spiro atoms. The number of nitriles is 1. The topological polar surface area (TPSA) is 99.1 Å². The molecule has 3 aromatic carbocycles. The van der Waals surface area contributed by atoms with Crippen LogP contribution in [0.25, 0.3) is 11.1 Å². The lowest BCUT2D eigenvalue weighted by Crippen LogP contribution is -2.53. The molecular formula is C29H27BrF5N3O3S. The third kappa shape index (κ3) is 8.36. The summed E-state index contributed by atoms with van der Waals surface area (Å²) in [6.07, 6.45) is -4.29. The van der Waals surface area contributed by atoms with Crippen molar-refractivity contribution in [3.63, 3.8) is 0 Å². The number of carbonyl (C=O) groups excluding carboxylic acids is 1. The van der Waals surface area contributed by atoms with Gasteiger partial charge in [-0.15, -0.1) is 0 Å². The van der Waals surface area contributed by atoms with E-state index in [1.54, 1.807) is 18.2 Å². The van der Waals surface area contributed by atoms with Gasteiger partial charge in [-0.3, -0.25) is 10.1 Å². The monoisotopic (exact) mass is 671 g/mol. The van der Waals surface area contributed by atoms with Gasteiger partial charge in [-0.05, 0) is 46.9 Å². The lowest BCUT2D eigenvalue weighted by Gasteiger charge is -2.30. The third-order valence-electron chi connectivity index (χ3n) is 6.47. The van der Waals surface area contributed by atoms with Crippen molar-refractivity contribution in [3.8, 4) is 17.2 Å². The van der Waals surface area contributed by atoms with E-state index in [2.05, 4.69) is 26.6 Å². The van der Waals surface area contributed by atoms with Crippen molar-refractivity contribution < 1.29 is 35.2 Å². The molecule has 0 fully saturated rings. The van der Waals surface area contributed by atoms with Gasteiger partial charge in [-0.1, -0.05) is 66.2 Å². The highest BCUT2D eigenvalue weighted by Gasteiger charge is 2.43. The summed E-state index contributed by atoms with van der Waals surface area (Å²) in [5, 5.41) is 14.2. The van der Waals surface area contributed by atoms with Crippen molar-refractivity contribution in [1.29, 1.82) is 5.26 Å². The van der Waals surface area contributed by atoms with Crippen LogP contribution < -0.4 is 10.6 Å². The molecule has 0 bridgehead atoms. The smallest absolute Gasteiger partial charge is 0.339 e. The van der Waals surface area contributed by atoms with E-state index in [9.17, 15) is 40.4 Å². The third-order valence-corrected chi connectivity index (χ3v) is 8.06. The van der Waals surface area contributed by atoms with Crippen LogP contribution in [0.5, 0.6) is 0 Å². The first-order chi connectivity index (χ1) is 19.5. The zero-order valence-electron chi connectivity index (χ0n) is 22.6. The molecule has 6 nitrogen and oxygen atoms in total.